The summed E-state index contributed by atoms with van der Waals surface area (Å²) in [4.78, 5) is 16.2. The van der Waals surface area contributed by atoms with Crippen molar-refractivity contribution < 1.29 is 9.53 Å². The molecule has 2 aromatic carbocycles. The average molecular weight is 412 g/mol. The molecule has 0 fully saturated rings. The van der Waals surface area contributed by atoms with Gasteiger partial charge < -0.3 is 14.6 Å². The number of hydrogen-bond acceptors (Lipinski definition) is 3. The Morgan fingerprint density at radius 2 is 2.00 bits per heavy atom. The lowest BCUT2D eigenvalue weighted by atomic mass is 10.2. The lowest BCUT2D eigenvalue weighted by Crippen LogP contribution is -2.11. The summed E-state index contributed by atoms with van der Waals surface area (Å²) in [5.41, 5.74) is 1.59. The molecule has 0 aliphatic rings. The van der Waals surface area contributed by atoms with Gasteiger partial charge in [0.15, 0.2) is 0 Å². The van der Waals surface area contributed by atoms with Crippen molar-refractivity contribution in [3.8, 4) is 5.75 Å². The summed E-state index contributed by atoms with van der Waals surface area (Å²) in [5.74, 6) is 0.427. The van der Waals surface area contributed by atoms with E-state index < -0.39 is 0 Å². The Balaban J connectivity index is 1.58. The van der Waals surface area contributed by atoms with E-state index in [9.17, 15) is 4.79 Å². The van der Waals surface area contributed by atoms with E-state index in [0.29, 0.717) is 24.6 Å². The third-order valence-corrected chi connectivity index (χ3v) is 4.14. The third kappa shape index (κ3) is 5.32. The second kappa shape index (κ2) is 9.01. The van der Waals surface area contributed by atoms with Gasteiger partial charge in [0.1, 0.15) is 12.4 Å². The average Bonchev–Trinajstić information content (AvgIpc) is 3.16. The molecule has 0 aliphatic carbocycles. The van der Waals surface area contributed by atoms with E-state index in [1.165, 1.54) is 6.08 Å². The number of halogens is 1. The van der Waals surface area contributed by atoms with Crippen LogP contribution in [0.4, 0.5) is 5.69 Å². The molecule has 6 heteroatoms. The van der Waals surface area contributed by atoms with E-state index in [-0.39, 0.29) is 5.91 Å². The van der Waals surface area contributed by atoms with Gasteiger partial charge >= 0.3 is 0 Å². The van der Waals surface area contributed by atoms with Crippen molar-refractivity contribution >= 4 is 33.6 Å². The van der Waals surface area contributed by atoms with E-state index in [1.54, 1.807) is 18.6 Å². The number of nitrogens with zero attached hydrogens (tertiary/aromatic N) is 2. The van der Waals surface area contributed by atoms with Gasteiger partial charge in [-0.3, -0.25) is 4.79 Å². The second-order valence-electron chi connectivity index (χ2n) is 5.52. The molecule has 132 valence electrons. The first-order valence-electron chi connectivity index (χ1n) is 8.13. The van der Waals surface area contributed by atoms with E-state index in [1.807, 2.05) is 59.3 Å². The summed E-state index contributed by atoms with van der Waals surface area (Å²) in [6.45, 7) is 1.17. The van der Waals surface area contributed by atoms with Gasteiger partial charge in [0.05, 0.1) is 18.6 Å². The molecule has 0 radical (unpaired) electrons. The predicted octanol–water partition coefficient (Wildman–Crippen LogP) is 4.38. The Bertz CT molecular complexity index is 874. The molecule has 1 heterocycles. The first-order valence-corrected chi connectivity index (χ1v) is 8.92. The van der Waals surface area contributed by atoms with Crippen LogP contribution in [0.2, 0.25) is 0 Å². The van der Waals surface area contributed by atoms with Crippen LogP contribution >= 0.6 is 15.9 Å². The molecule has 3 aromatic rings. The maximum absolute atomic E-state index is 12.2. The van der Waals surface area contributed by atoms with E-state index in [0.717, 1.165) is 10.0 Å². The zero-order chi connectivity index (χ0) is 18.2. The van der Waals surface area contributed by atoms with Crippen LogP contribution in [-0.4, -0.2) is 22.1 Å². The smallest absolute Gasteiger partial charge is 0.248 e. The molecule has 0 aliphatic heterocycles. The van der Waals surface area contributed by atoms with Gasteiger partial charge in [-0.1, -0.05) is 40.2 Å². The molecule has 26 heavy (non-hydrogen) atoms. The molecule has 0 spiro atoms. The second-order valence-corrected chi connectivity index (χ2v) is 6.43. The first kappa shape index (κ1) is 17.9. The number of hydrogen-bond donors (Lipinski definition) is 1. The molecule has 1 N–H and O–H groups in total. The van der Waals surface area contributed by atoms with Crippen LogP contribution in [-0.2, 0) is 11.3 Å². The third-order valence-electron chi connectivity index (χ3n) is 3.61. The van der Waals surface area contributed by atoms with Crippen molar-refractivity contribution in [2.24, 2.45) is 0 Å². The number of carbonyl (C=O) groups excluding carboxylic acids is 1. The zero-order valence-electron chi connectivity index (χ0n) is 14.0. The summed E-state index contributed by atoms with van der Waals surface area (Å²) < 4.78 is 8.73. The molecular weight excluding hydrogens is 394 g/mol. The molecule has 1 amide bonds. The maximum Gasteiger partial charge on any atom is 0.248 e. The normalized spacial score (nSPS) is 10.8. The van der Waals surface area contributed by atoms with E-state index in [4.69, 9.17) is 4.74 Å². The van der Waals surface area contributed by atoms with Gasteiger partial charge in [-0.05, 0) is 35.9 Å². The quantitative estimate of drug-likeness (QED) is 0.587. The van der Waals surface area contributed by atoms with Crippen molar-refractivity contribution in [3.63, 3.8) is 0 Å². The molecule has 0 bridgehead atoms. The van der Waals surface area contributed by atoms with Crippen LogP contribution in [0.1, 0.15) is 5.56 Å². The van der Waals surface area contributed by atoms with Crippen LogP contribution in [0.3, 0.4) is 0 Å². The Morgan fingerprint density at radius 3 is 2.77 bits per heavy atom. The number of aromatic nitrogens is 2. The SMILES string of the molecule is O=C(/C=C/c1ccc(Br)cc1)Nc1ccccc1OCCn1ccnc1. The van der Waals surface area contributed by atoms with Crippen LogP contribution in [0.25, 0.3) is 6.08 Å². The van der Waals surface area contributed by atoms with Crippen molar-refractivity contribution in [3.05, 3.63) is 83.4 Å². The van der Waals surface area contributed by atoms with Crippen LogP contribution in [0, 0.1) is 0 Å². The minimum atomic E-state index is -0.210. The Morgan fingerprint density at radius 1 is 1.19 bits per heavy atom. The summed E-state index contributed by atoms with van der Waals surface area (Å²) in [7, 11) is 0. The highest BCUT2D eigenvalue weighted by atomic mass is 79.9. The molecular formula is C20H18BrN3O2. The Kier molecular flexibility index (Phi) is 6.22. The van der Waals surface area contributed by atoms with Gasteiger partial charge in [-0.25, -0.2) is 4.98 Å². The zero-order valence-corrected chi connectivity index (χ0v) is 15.6. The fraction of sp³-hybridized carbons (Fsp3) is 0.100. The minimum Gasteiger partial charge on any atom is -0.490 e. The molecule has 0 saturated carbocycles. The number of amides is 1. The number of nitrogens with one attached hydrogen (secondary N) is 1. The van der Waals surface area contributed by atoms with E-state index >= 15 is 0 Å². The van der Waals surface area contributed by atoms with Gasteiger partial charge in [-0.2, -0.15) is 0 Å². The van der Waals surface area contributed by atoms with Crippen LogP contribution < -0.4 is 10.1 Å². The maximum atomic E-state index is 12.2. The highest BCUT2D eigenvalue weighted by molar-refractivity contribution is 9.10. The lowest BCUT2D eigenvalue weighted by Gasteiger charge is -2.11. The summed E-state index contributed by atoms with van der Waals surface area (Å²) in [6, 6.07) is 15.1. The van der Waals surface area contributed by atoms with Crippen LogP contribution in [0.5, 0.6) is 5.75 Å². The number of rotatable bonds is 7. The number of ether oxygens (including phenoxy) is 1. The Labute approximate surface area is 160 Å². The predicted molar refractivity (Wildman–Crippen MR) is 106 cm³/mol. The number of para-hydroxylation sites is 2. The number of anilines is 1. The standard InChI is InChI=1S/C20H18BrN3O2/c21-17-8-5-16(6-9-17)7-10-20(25)23-18-3-1-2-4-19(18)26-14-13-24-12-11-22-15-24/h1-12,15H,13-14H2,(H,23,25)/b10-7+. The summed E-state index contributed by atoms with van der Waals surface area (Å²) in [6.07, 6.45) is 8.62. The van der Waals surface area contributed by atoms with Crippen LogP contribution in [0.15, 0.2) is 77.8 Å². The topological polar surface area (TPSA) is 56.1 Å². The molecule has 0 unspecified atom stereocenters. The van der Waals surface area contributed by atoms with Crippen molar-refractivity contribution in [2.75, 3.05) is 11.9 Å². The molecule has 3 rings (SSSR count). The molecule has 0 saturated heterocycles. The van der Waals surface area contributed by atoms with Gasteiger partial charge in [0.2, 0.25) is 5.91 Å². The van der Waals surface area contributed by atoms with Gasteiger partial charge in [-0.15, -0.1) is 0 Å². The summed E-state index contributed by atoms with van der Waals surface area (Å²) in [5, 5.41) is 2.86. The first-order chi connectivity index (χ1) is 12.7. The van der Waals surface area contributed by atoms with Gasteiger partial charge in [0, 0.05) is 22.9 Å². The molecule has 1 aromatic heterocycles. The highest BCUT2D eigenvalue weighted by Crippen LogP contribution is 2.23. The lowest BCUT2D eigenvalue weighted by molar-refractivity contribution is -0.111. The fourth-order valence-corrected chi connectivity index (χ4v) is 2.56. The van der Waals surface area contributed by atoms with Crippen molar-refractivity contribution in [1.82, 2.24) is 9.55 Å². The fourth-order valence-electron chi connectivity index (χ4n) is 2.30. The molecule has 0 atom stereocenters. The van der Waals surface area contributed by atoms with Crippen molar-refractivity contribution in [2.45, 2.75) is 6.54 Å². The Hall–Kier alpha value is -2.86. The van der Waals surface area contributed by atoms with E-state index in [2.05, 4.69) is 26.2 Å². The largest absolute Gasteiger partial charge is 0.490 e. The minimum absolute atomic E-state index is 0.210. The highest BCUT2D eigenvalue weighted by Gasteiger charge is 2.05. The number of carbonyl (C=O) groups is 1. The van der Waals surface area contributed by atoms with Gasteiger partial charge in [0.25, 0.3) is 0 Å². The number of imidazole rings is 1. The molecule has 5 nitrogen and oxygen atoms in total. The summed E-state index contributed by atoms with van der Waals surface area (Å²) >= 11 is 3.39. The number of benzene rings is 2. The monoisotopic (exact) mass is 411 g/mol. The van der Waals surface area contributed by atoms with Crippen molar-refractivity contribution in [1.29, 1.82) is 0 Å².